The summed E-state index contributed by atoms with van der Waals surface area (Å²) in [6.45, 7) is 1.80. The van der Waals surface area contributed by atoms with Gasteiger partial charge in [0.05, 0.1) is 18.8 Å². The van der Waals surface area contributed by atoms with Crippen molar-refractivity contribution in [1.29, 1.82) is 0 Å². The molecule has 20 heavy (non-hydrogen) atoms. The second-order valence-electron chi connectivity index (χ2n) is 4.36. The molecule has 0 bridgehead atoms. The number of rotatable bonds is 5. The summed E-state index contributed by atoms with van der Waals surface area (Å²) in [5.74, 6) is -0.465. The lowest BCUT2D eigenvalue weighted by Gasteiger charge is -2.14. The lowest BCUT2D eigenvalue weighted by molar-refractivity contribution is -0.120. The minimum absolute atomic E-state index is 0.0866. The van der Waals surface area contributed by atoms with Crippen LogP contribution in [0.15, 0.2) is 53.1 Å². The van der Waals surface area contributed by atoms with Gasteiger partial charge in [-0.25, -0.2) is 0 Å². The van der Waals surface area contributed by atoms with E-state index < -0.39 is 5.91 Å². The normalized spacial score (nSPS) is 11.7. The molecule has 5 nitrogen and oxygen atoms in total. The van der Waals surface area contributed by atoms with Gasteiger partial charge in [-0.2, -0.15) is 0 Å². The van der Waals surface area contributed by atoms with E-state index in [1.807, 2.05) is 37.3 Å². The topological polar surface area (TPSA) is 71.3 Å². The second-order valence-corrected chi connectivity index (χ2v) is 4.36. The smallest absolute Gasteiger partial charge is 0.287 e. The molecule has 0 fully saturated rings. The third-order valence-electron chi connectivity index (χ3n) is 2.83. The Morgan fingerprint density at radius 2 is 1.90 bits per heavy atom. The van der Waals surface area contributed by atoms with Crippen LogP contribution in [0.4, 0.5) is 0 Å². The van der Waals surface area contributed by atoms with Gasteiger partial charge < -0.3 is 15.1 Å². The average Bonchev–Trinajstić information content (AvgIpc) is 3.00. The number of hydrogen-bond acceptors (Lipinski definition) is 3. The van der Waals surface area contributed by atoms with E-state index in [1.165, 1.54) is 6.26 Å². The molecule has 2 aromatic rings. The zero-order valence-electron chi connectivity index (χ0n) is 11.1. The molecule has 104 valence electrons. The van der Waals surface area contributed by atoms with Gasteiger partial charge in [0.15, 0.2) is 5.76 Å². The van der Waals surface area contributed by atoms with Crippen molar-refractivity contribution >= 4 is 11.8 Å². The van der Waals surface area contributed by atoms with Gasteiger partial charge in [-0.3, -0.25) is 9.59 Å². The van der Waals surface area contributed by atoms with E-state index in [1.54, 1.807) is 12.1 Å². The zero-order valence-corrected chi connectivity index (χ0v) is 11.1. The van der Waals surface area contributed by atoms with Crippen LogP contribution in [0.3, 0.4) is 0 Å². The zero-order chi connectivity index (χ0) is 14.4. The van der Waals surface area contributed by atoms with Crippen LogP contribution in [0.1, 0.15) is 29.1 Å². The average molecular weight is 272 g/mol. The molecule has 1 heterocycles. The van der Waals surface area contributed by atoms with Gasteiger partial charge in [-0.15, -0.1) is 0 Å². The van der Waals surface area contributed by atoms with Crippen LogP contribution in [-0.2, 0) is 4.79 Å². The molecule has 0 aliphatic rings. The van der Waals surface area contributed by atoms with Gasteiger partial charge in [0, 0.05) is 0 Å². The predicted octanol–water partition coefficient (Wildman–Crippen LogP) is 1.89. The summed E-state index contributed by atoms with van der Waals surface area (Å²) in [6, 6.07) is 12.7. The van der Waals surface area contributed by atoms with Crippen LogP contribution < -0.4 is 10.6 Å². The van der Waals surface area contributed by atoms with Crippen molar-refractivity contribution in [2.75, 3.05) is 6.54 Å². The van der Waals surface area contributed by atoms with Gasteiger partial charge in [-0.05, 0) is 24.6 Å². The molecular weight excluding hydrogens is 256 g/mol. The van der Waals surface area contributed by atoms with E-state index in [-0.39, 0.29) is 24.3 Å². The van der Waals surface area contributed by atoms with Crippen molar-refractivity contribution in [3.8, 4) is 0 Å². The molecule has 1 atom stereocenters. The van der Waals surface area contributed by atoms with Gasteiger partial charge in [0.2, 0.25) is 5.91 Å². The van der Waals surface area contributed by atoms with Crippen LogP contribution in [-0.4, -0.2) is 18.4 Å². The van der Waals surface area contributed by atoms with Gasteiger partial charge in [-0.1, -0.05) is 30.3 Å². The highest BCUT2D eigenvalue weighted by molar-refractivity contribution is 5.94. The maximum atomic E-state index is 11.7. The number of benzene rings is 1. The fraction of sp³-hybridized carbons (Fsp3) is 0.200. The first-order valence-electron chi connectivity index (χ1n) is 6.33. The molecule has 0 unspecified atom stereocenters. The van der Waals surface area contributed by atoms with Crippen LogP contribution in [0.2, 0.25) is 0 Å². The molecule has 5 heteroatoms. The Morgan fingerprint density at radius 3 is 2.55 bits per heavy atom. The molecule has 1 aromatic heterocycles. The van der Waals surface area contributed by atoms with E-state index in [4.69, 9.17) is 4.42 Å². The molecule has 2 N–H and O–H groups in total. The quantitative estimate of drug-likeness (QED) is 0.873. The minimum Gasteiger partial charge on any atom is -0.459 e. The van der Waals surface area contributed by atoms with E-state index in [9.17, 15) is 9.59 Å². The van der Waals surface area contributed by atoms with Gasteiger partial charge in [0.25, 0.3) is 5.91 Å². The monoisotopic (exact) mass is 272 g/mol. The maximum Gasteiger partial charge on any atom is 0.287 e. The Bertz CT molecular complexity index is 564. The highest BCUT2D eigenvalue weighted by Gasteiger charge is 2.12. The first-order valence-corrected chi connectivity index (χ1v) is 6.33. The van der Waals surface area contributed by atoms with E-state index in [0.717, 1.165) is 5.56 Å². The van der Waals surface area contributed by atoms with Crippen molar-refractivity contribution in [2.24, 2.45) is 0 Å². The van der Waals surface area contributed by atoms with Crippen molar-refractivity contribution in [1.82, 2.24) is 10.6 Å². The molecule has 0 saturated carbocycles. The van der Waals surface area contributed by atoms with Crippen LogP contribution >= 0.6 is 0 Å². The van der Waals surface area contributed by atoms with E-state index >= 15 is 0 Å². The SMILES string of the molecule is C[C@@H](NC(=O)CNC(=O)c1ccco1)c1ccccc1. The molecule has 2 amide bonds. The molecular formula is C15H16N2O3. The lowest BCUT2D eigenvalue weighted by atomic mass is 10.1. The number of amides is 2. The van der Waals surface area contributed by atoms with E-state index in [0.29, 0.717) is 0 Å². The Balaban J connectivity index is 1.80. The number of hydrogen-bond donors (Lipinski definition) is 2. The number of furan rings is 1. The predicted molar refractivity (Wildman–Crippen MR) is 74.0 cm³/mol. The minimum atomic E-state index is -0.405. The third kappa shape index (κ3) is 3.71. The van der Waals surface area contributed by atoms with Gasteiger partial charge in [0.1, 0.15) is 0 Å². The first-order chi connectivity index (χ1) is 9.66. The second kappa shape index (κ2) is 6.56. The standard InChI is InChI=1S/C15H16N2O3/c1-11(12-6-3-2-4-7-12)17-14(18)10-16-15(19)13-8-5-9-20-13/h2-9,11H,10H2,1H3,(H,16,19)(H,17,18)/t11-/m1/s1. The van der Waals surface area contributed by atoms with Crippen LogP contribution in [0, 0.1) is 0 Å². The summed E-state index contributed by atoms with van der Waals surface area (Å²) in [7, 11) is 0. The highest BCUT2D eigenvalue weighted by atomic mass is 16.3. The molecule has 0 spiro atoms. The van der Waals surface area contributed by atoms with Gasteiger partial charge >= 0.3 is 0 Å². The van der Waals surface area contributed by atoms with Crippen molar-refractivity contribution < 1.29 is 14.0 Å². The van der Waals surface area contributed by atoms with Crippen molar-refractivity contribution in [3.05, 3.63) is 60.1 Å². The Hall–Kier alpha value is -2.56. The molecule has 0 radical (unpaired) electrons. The Labute approximate surface area is 117 Å². The Morgan fingerprint density at radius 1 is 1.15 bits per heavy atom. The van der Waals surface area contributed by atoms with Crippen molar-refractivity contribution in [3.63, 3.8) is 0 Å². The summed E-state index contributed by atoms with van der Waals surface area (Å²) in [6.07, 6.45) is 1.41. The van der Waals surface area contributed by atoms with Crippen LogP contribution in [0.5, 0.6) is 0 Å². The molecule has 1 aromatic carbocycles. The summed E-state index contributed by atoms with van der Waals surface area (Å²) >= 11 is 0. The third-order valence-corrected chi connectivity index (χ3v) is 2.83. The fourth-order valence-corrected chi connectivity index (χ4v) is 1.77. The summed E-state index contributed by atoms with van der Waals surface area (Å²) in [5, 5.41) is 5.31. The number of carbonyl (C=O) groups is 2. The first kappa shape index (κ1) is 13.9. The molecule has 0 aliphatic carbocycles. The Kier molecular flexibility index (Phi) is 4.55. The lowest BCUT2D eigenvalue weighted by Crippen LogP contribution is -2.37. The summed E-state index contributed by atoms with van der Waals surface area (Å²) in [5.41, 5.74) is 1.01. The fourth-order valence-electron chi connectivity index (χ4n) is 1.77. The molecule has 0 aliphatic heterocycles. The largest absolute Gasteiger partial charge is 0.459 e. The number of carbonyl (C=O) groups excluding carboxylic acids is 2. The van der Waals surface area contributed by atoms with E-state index in [2.05, 4.69) is 10.6 Å². The molecule has 0 saturated heterocycles. The molecule has 2 rings (SSSR count). The summed E-state index contributed by atoms with van der Waals surface area (Å²) in [4.78, 5) is 23.3. The number of nitrogens with one attached hydrogen (secondary N) is 2. The van der Waals surface area contributed by atoms with Crippen molar-refractivity contribution in [2.45, 2.75) is 13.0 Å². The highest BCUT2D eigenvalue weighted by Crippen LogP contribution is 2.10. The van der Waals surface area contributed by atoms with Crippen LogP contribution in [0.25, 0.3) is 0 Å². The summed E-state index contributed by atoms with van der Waals surface area (Å²) < 4.78 is 4.93. The maximum absolute atomic E-state index is 11.7.